The molecule has 4 unspecified atom stereocenters. The maximum Gasteiger partial charge on any atom is 0.472 e. The molecule has 4 atom stereocenters. The van der Waals surface area contributed by atoms with Gasteiger partial charge in [-0.1, -0.05) is 192 Å². The van der Waals surface area contributed by atoms with Crippen molar-refractivity contribution < 1.29 is 33.5 Å². The molecule has 0 aliphatic heterocycles. The minimum absolute atomic E-state index is 0.0435. The largest absolute Gasteiger partial charge is 0.472 e. The first-order valence-electron chi connectivity index (χ1n) is 23.7. The Morgan fingerprint density at radius 2 is 1.00 bits per heavy atom. The lowest BCUT2D eigenvalue weighted by Crippen LogP contribution is -2.46. The van der Waals surface area contributed by atoms with E-state index in [2.05, 4.69) is 43.5 Å². The van der Waals surface area contributed by atoms with E-state index in [9.17, 15) is 24.5 Å². The molecule has 0 aliphatic carbocycles. The average Bonchev–Trinajstić information content (AvgIpc) is 3.19. The number of amides is 1. The number of unbranched alkanes of at least 4 members (excludes halogenated alkanes) is 26. The lowest BCUT2D eigenvalue weighted by Gasteiger charge is -2.24. The second-order valence-corrected chi connectivity index (χ2v) is 17.6. The second kappa shape index (κ2) is 42.8. The van der Waals surface area contributed by atoms with Gasteiger partial charge in [-0.05, 0) is 57.8 Å². The van der Waals surface area contributed by atoms with Crippen molar-refractivity contribution in [1.29, 1.82) is 0 Å². The first-order valence-corrected chi connectivity index (χ1v) is 25.2. The Bertz CT molecular complexity index is 1010. The molecule has 336 valence electrons. The summed E-state index contributed by atoms with van der Waals surface area (Å²) < 4.78 is 22.1. The van der Waals surface area contributed by atoms with Gasteiger partial charge in [-0.3, -0.25) is 13.8 Å². The maximum atomic E-state index is 12.8. The van der Waals surface area contributed by atoms with E-state index in [0.29, 0.717) is 12.8 Å². The van der Waals surface area contributed by atoms with Gasteiger partial charge in [0.2, 0.25) is 5.91 Å². The van der Waals surface area contributed by atoms with Crippen LogP contribution in [0.15, 0.2) is 36.5 Å². The first kappa shape index (κ1) is 55.7. The van der Waals surface area contributed by atoms with Gasteiger partial charge in [0.25, 0.3) is 0 Å². The van der Waals surface area contributed by atoms with E-state index < -0.39 is 38.6 Å². The number of hydrogen-bond donors (Lipinski definition) is 5. The monoisotopic (exact) mass is 827 g/mol. The number of allylic oxidation sites excluding steroid dienone is 5. The minimum Gasteiger partial charge on any atom is -0.393 e. The number of hydrogen-bond acceptors (Lipinski definition) is 7. The fraction of sp³-hybridized carbons (Fsp3) is 0.851. The molecule has 0 spiro atoms. The molecular formula is C47H91N2O7P. The van der Waals surface area contributed by atoms with Crippen LogP contribution in [-0.2, 0) is 18.4 Å². The van der Waals surface area contributed by atoms with E-state index in [1.165, 1.54) is 141 Å². The SMILES string of the molecule is CCCCCCCCCCC/C=C/CC/C=C/C(O)C(COP(=O)(O)OCCN)NC(=O)CC(O)CCCCCCC/C=C\CCCCCCCCCCCCC. The summed E-state index contributed by atoms with van der Waals surface area (Å²) in [5, 5.41) is 24.1. The van der Waals surface area contributed by atoms with Gasteiger partial charge in [0.1, 0.15) is 0 Å². The molecule has 1 amide bonds. The Morgan fingerprint density at radius 1 is 0.596 bits per heavy atom. The smallest absolute Gasteiger partial charge is 0.393 e. The summed E-state index contributed by atoms with van der Waals surface area (Å²) in [5.41, 5.74) is 5.37. The van der Waals surface area contributed by atoms with Gasteiger partial charge in [-0.2, -0.15) is 0 Å². The molecule has 0 aromatic carbocycles. The molecule has 0 heterocycles. The van der Waals surface area contributed by atoms with Crippen LogP contribution in [0.1, 0.15) is 219 Å². The van der Waals surface area contributed by atoms with E-state index in [1.54, 1.807) is 6.08 Å². The lowest BCUT2D eigenvalue weighted by molar-refractivity contribution is -0.124. The van der Waals surface area contributed by atoms with E-state index in [0.717, 1.165) is 44.9 Å². The van der Waals surface area contributed by atoms with E-state index in [-0.39, 0.29) is 19.6 Å². The van der Waals surface area contributed by atoms with Crippen LogP contribution < -0.4 is 11.1 Å². The van der Waals surface area contributed by atoms with Crippen molar-refractivity contribution in [3.8, 4) is 0 Å². The summed E-state index contributed by atoms with van der Waals surface area (Å²) in [6.07, 6.45) is 48.1. The van der Waals surface area contributed by atoms with Gasteiger partial charge in [-0.25, -0.2) is 4.57 Å². The number of nitrogens with two attached hydrogens (primary N) is 1. The average molecular weight is 827 g/mol. The number of carbonyl (C=O) groups excluding carboxylic acids is 1. The molecule has 9 nitrogen and oxygen atoms in total. The minimum atomic E-state index is -4.41. The summed E-state index contributed by atoms with van der Waals surface area (Å²) in [4.78, 5) is 22.8. The highest BCUT2D eigenvalue weighted by Gasteiger charge is 2.27. The van der Waals surface area contributed by atoms with Crippen molar-refractivity contribution in [2.24, 2.45) is 5.73 Å². The summed E-state index contributed by atoms with van der Waals surface area (Å²) >= 11 is 0. The molecule has 0 saturated carbocycles. The zero-order chi connectivity index (χ0) is 41.9. The Morgan fingerprint density at radius 3 is 1.46 bits per heavy atom. The van der Waals surface area contributed by atoms with Crippen molar-refractivity contribution >= 4 is 13.7 Å². The molecule has 57 heavy (non-hydrogen) atoms. The van der Waals surface area contributed by atoms with Gasteiger partial charge in [0.05, 0.1) is 37.9 Å². The maximum absolute atomic E-state index is 12.8. The third kappa shape index (κ3) is 41.2. The molecule has 0 radical (unpaired) electrons. The predicted molar refractivity (Wildman–Crippen MR) is 241 cm³/mol. The molecule has 0 rings (SSSR count). The molecule has 6 N–H and O–H groups in total. The third-order valence-electron chi connectivity index (χ3n) is 10.5. The van der Waals surface area contributed by atoms with Crippen LogP contribution in [-0.4, -0.2) is 59.0 Å². The zero-order valence-electron chi connectivity index (χ0n) is 36.9. The van der Waals surface area contributed by atoms with Crippen molar-refractivity contribution in [2.75, 3.05) is 19.8 Å². The Kier molecular flexibility index (Phi) is 41.8. The highest BCUT2D eigenvalue weighted by atomic mass is 31.2. The van der Waals surface area contributed by atoms with Crippen LogP contribution in [0.5, 0.6) is 0 Å². The molecular weight excluding hydrogens is 735 g/mol. The van der Waals surface area contributed by atoms with Gasteiger partial charge in [0.15, 0.2) is 0 Å². The summed E-state index contributed by atoms with van der Waals surface area (Å²) in [7, 11) is -4.41. The Labute approximate surface area is 351 Å². The molecule has 0 bridgehead atoms. The van der Waals surface area contributed by atoms with Gasteiger partial charge >= 0.3 is 7.82 Å². The zero-order valence-corrected chi connectivity index (χ0v) is 37.8. The molecule has 10 heteroatoms. The lowest BCUT2D eigenvalue weighted by atomic mass is 10.0. The number of carbonyl (C=O) groups is 1. The standard InChI is InChI=1S/C47H91N2O7P/c1-3-5-7-9-11-13-15-17-19-20-21-22-23-25-26-28-30-32-34-36-38-44(50)42-47(52)49-45(43-56-57(53,54)55-41-40-48)46(51)39-37-35-33-31-29-27-24-18-16-14-12-10-8-6-4-2/h23,25,29,31,37,39,44-46,50-51H,3-22,24,26-28,30,32-36,38,40-43,48H2,1-2H3,(H,49,52)(H,53,54)/b25-23-,31-29+,39-37+. The number of aliphatic hydroxyl groups is 2. The number of phosphoric ester groups is 1. The normalized spacial score (nSPS) is 14.8. The van der Waals surface area contributed by atoms with Gasteiger partial charge < -0.3 is 26.2 Å². The second-order valence-electron chi connectivity index (χ2n) is 16.1. The van der Waals surface area contributed by atoms with Crippen LogP contribution in [0.25, 0.3) is 0 Å². The van der Waals surface area contributed by atoms with E-state index in [1.807, 2.05) is 6.08 Å². The van der Waals surface area contributed by atoms with Crippen LogP contribution in [0.3, 0.4) is 0 Å². The third-order valence-corrected chi connectivity index (χ3v) is 11.5. The topological polar surface area (TPSA) is 151 Å². The molecule has 0 aliphatic rings. The first-order chi connectivity index (χ1) is 27.8. The van der Waals surface area contributed by atoms with Crippen LogP contribution in [0.4, 0.5) is 0 Å². The summed E-state index contributed by atoms with van der Waals surface area (Å²) in [6.45, 7) is 3.96. The molecule has 0 aromatic heterocycles. The fourth-order valence-electron chi connectivity index (χ4n) is 6.89. The number of aliphatic hydroxyl groups excluding tert-OH is 2. The van der Waals surface area contributed by atoms with E-state index in [4.69, 9.17) is 14.8 Å². The predicted octanol–water partition coefficient (Wildman–Crippen LogP) is 12.5. The molecule has 0 fully saturated rings. The van der Waals surface area contributed by atoms with E-state index >= 15 is 0 Å². The van der Waals surface area contributed by atoms with Crippen LogP contribution in [0, 0.1) is 0 Å². The highest BCUT2D eigenvalue weighted by Crippen LogP contribution is 2.43. The van der Waals surface area contributed by atoms with Gasteiger partial charge in [0, 0.05) is 6.54 Å². The Hall–Kier alpha value is -1.32. The van der Waals surface area contributed by atoms with Crippen molar-refractivity contribution in [2.45, 2.75) is 238 Å². The quantitative estimate of drug-likeness (QED) is 0.0231. The Balaban J connectivity index is 4.28. The van der Waals surface area contributed by atoms with Crippen molar-refractivity contribution in [3.05, 3.63) is 36.5 Å². The number of nitrogens with one attached hydrogen (secondary N) is 1. The molecule has 0 saturated heterocycles. The molecule has 0 aromatic rings. The summed E-state index contributed by atoms with van der Waals surface area (Å²) in [6, 6.07) is -1.00. The van der Waals surface area contributed by atoms with Crippen LogP contribution >= 0.6 is 7.82 Å². The fourth-order valence-corrected chi connectivity index (χ4v) is 7.65. The van der Waals surface area contributed by atoms with Gasteiger partial charge in [-0.15, -0.1) is 0 Å². The number of rotatable bonds is 44. The van der Waals surface area contributed by atoms with Crippen molar-refractivity contribution in [1.82, 2.24) is 5.32 Å². The number of phosphoric acid groups is 1. The van der Waals surface area contributed by atoms with Crippen LogP contribution in [0.2, 0.25) is 0 Å². The van der Waals surface area contributed by atoms with Crippen molar-refractivity contribution in [3.63, 3.8) is 0 Å². The highest BCUT2D eigenvalue weighted by molar-refractivity contribution is 7.47. The summed E-state index contributed by atoms with van der Waals surface area (Å²) in [5.74, 6) is -0.460.